The van der Waals surface area contributed by atoms with E-state index in [2.05, 4.69) is 10.3 Å². The molecular weight excluding hydrogens is 499 g/mol. The number of nitrogens with zero attached hydrogens (tertiary/aromatic N) is 3. The number of esters is 1. The number of carbonyl (C=O) groups is 2. The maximum Gasteiger partial charge on any atom is 0.318 e. The summed E-state index contributed by atoms with van der Waals surface area (Å²) in [6, 6.07) is 3.17. The molecule has 1 aromatic carbocycles. The molecule has 1 fully saturated rings. The lowest BCUT2D eigenvalue weighted by molar-refractivity contribution is -0.153. The molecule has 0 spiro atoms. The Balaban J connectivity index is 1.45. The molecule has 0 unspecified atom stereocenters. The van der Waals surface area contributed by atoms with E-state index < -0.39 is 23.2 Å². The lowest BCUT2D eigenvalue weighted by atomic mass is 9.96. The fraction of sp³-hybridized carbons (Fsp3) is 0.556. The Labute approximate surface area is 221 Å². The third-order valence-electron chi connectivity index (χ3n) is 6.73. The first-order valence-corrected chi connectivity index (χ1v) is 13.1. The molecule has 1 aromatic heterocycles. The predicted molar refractivity (Wildman–Crippen MR) is 136 cm³/mol. The van der Waals surface area contributed by atoms with Crippen LogP contribution < -0.4 is 5.32 Å². The van der Waals surface area contributed by atoms with Crippen LogP contribution in [0.1, 0.15) is 62.3 Å². The van der Waals surface area contributed by atoms with Crippen molar-refractivity contribution in [2.75, 3.05) is 26.4 Å². The van der Waals surface area contributed by atoms with E-state index in [1.165, 1.54) is 18.2 Å². The number of halogens is 2. The van der Waals surface area contributed by atoms with Crippen LogP contribution in [0.4, 0.5) is 9.18 Å². The van der Waals surface area contributed by atoms with Crippen molar-refractivity contribution in [1.82, 2.24) is 20.2 Å². The van der Waals surface area contributed by atoms with E-state index in [0.717, 1.165) is 49.6 Å². The third kappa shape index (κ3) is 7.17. The van der Waals surface area contributed by atoms with Gasteiger partial charge in [-0.2, -0.15) is 0 Å². The highest BCUT2D eigenvalue weighted by atomic mass is 35.5. The smallest absolute Gasteiger partial charge is 0.318 e. The summed E-state index contributed by atoms with van der Waals surface area (Å²) >= 11 is 5.99. The summed E-state index contributed by atoms with van der Waals surface area (Å²) in [5, 5.41) is 2.87. The van der Waals surface area contributed by atoms with Gasteiger partial charge in [-0.1, -0.05) is 17.7 Å². The summed E-state index contributed by atoms with van der Waals surface area (Å²) in [6.45, 7) is 7.54. The number of hydrogen-bond donors (Lipinski definition) is 1. The summed E-state index contributed by atoms with van der Waals surface area (Å²) in [6.07, 6.45) is 5.33. The molecule has 1 N–H and O–H groups in total. The van der Waals surface area contributed by atoms with Crippen molar-refractivity contribution in [1.29, 1.82) is 0 Å². The average molecular weight is 533 g/mol. The van der Waals surface area contributed by atoms with Gasteiger partial charge >= 0.3 is 12.0 Å². The Bertz CT molecular complexity index is 1130. The van der Waals surface area contributed by atoms with E-state index >= 15 is 0 Å². The largest absolute Gasteiger partial charge is 0.463 e. The average Bonchev–Trinajstić information content (AvgIpc) is 2.87. The van der Waals surface area contributed by atoms with Crippen LogP contribution in [0, 0.1) is 17.2 Å². The van der Waals surface area contributed by atoms with Gasteiger partial charge in [0, 0.05) is 32.4 Å². The van der Waals surface area contributed by atoms with Gasteiger partial charge in [0.2, 0.25) is 0 Å². The molecule has 1 atom stereocenters. The first-order chi connectivity index (χ1) is 17.6. The number of aromatic nitrogens is 2. The second-order valence-corrected chi connectivity index (χ2v) is 11.1. The van der Waals surface area contributed by atoms with Crippen molar-refractivity contribution < 1.29 is 23.5 Å². The monoisotopic (exact) mass is 532 g/mol. The van der Waals surface area contributed by atoms with Crippen molar-refractivity contribution in [2.45, 2.75) is 59.0 Å². The molecule has 3 heterocycles. The SMILES string of the molecule is CC(C)(C)C(=O)OC[C@@H](NC(=O)N1CCc2cnc(CC3CCOCC3)nc2C1)c1ccc(F)c(Cl)c1. The molecule has 1 saturated heterocycles. The van der Waals surface area contributed by atoms with Crippen LogP contribution in [0.5, 0.6) is 0 Å². The van der Waals surface area contributed by atoms with Gasteiger partial charge in [-0.05, 0) is 69.2 Å². The van der Waals surface area contributed by atoms with Crippen molar-refractivity contribution >= 4 is 23.6 Å². The third-order valence-corrected chi connectivity index (χ3v) is 7.02. The lowest BCUT2D eigenvalue weighted by Crippen LogP contribution is -2.45. The minimum Gasteiger partial charge on any atom is -0.463 e. The molecular formula is C27H34ClFN4O4. The quantitative estimate of drug-likeness (QED) is 0.545. The maximum atomic E-state index is 13.8. The summed E-state index contributed by atoms with van der Waals surface area (Å²) in [5.41, 5.74) is 1.73. The molecule has 10 heteroatoms. The van der Waals surface area contributed by atoms with Gasteiger partial charge in [-0.3, -0.25) is 4.79 Å². The van der Waals surface area contributed by atoms with Crippen LogP contribution in [0.15, 0.2) is 24.4 Å². The fourth-order valence-electron chi connectivity index (χ4n) is 4.39. The van der Waals surface area contributed by atoms with E-state index in [-0.39, 0.29) is 17.7 Å². The second kappa shape index (κ2) is 11.7. The Morgan fingerprint density at radius 1 is 1.30 bits per heavy atom. The molecule has 0 radical (unpaired) electrons. The normalized spacial score (nSPS) is 17.2. The molecule has 0 saturated carbocycles. The lowest BCUT2D eigenvalue weighted by Gasteiger charge is -2.31. The molecule has 2 aromatic rings. The molecule has 2 aliphatic rings. The van der Waals surface area contributed by atoms with Gasteiger partial charge in [-0.15, -0.1) is 0 Å². The molecule has 2 amide bonds. The topological polar surface area (TPSA) is 93.7 Å². The summed E-state index contributed by atoms with van der Waals surface area (Å²) < 4.78 is 24.7. The number of nitrogens with one attached hydrogen (secondary N) is 1. The van der Waals surface area contributed by atoms with Crippen molar-refractivity contribution in [3.63, 3.8) is 0 Å². The minimum absolute atomic E-state index is 0.0699. The Kier molecular flexibility index (Phi) is 8.64. The second-order valence-electron chi connectivity index (χ2n) is 10.7. The number of benzene rings is 1. The zero-order valence-corrected chi connectivity index (χ0v) is 22.3. The molecule has 2 aliphatic heterocycles. The molecule has 8 nitrogen and oxygen atoms in total. The highest BCUT2D eigenvalue weighted by molar-refractivity contribution is 6.30. The van der Waals surface area contributed by atoms with E-state index in [0.29, 0.717) is 31.0 Å². The van der Waals surface area contributed by atoms with Crippen LogP contribution in [0.3, 0.4) is 0 Å². The fourth-order valence-corrected chi connectivity index (χ4v) is 4.58. The first-order valence-electron chi connectivity index (χ1n) is 12.7. The van der Waals surface area contributed by atoms with Gasteiger partial charge in [0.15, 0.2) is 0 Å². The van der Waals surface area contributed by atoms with Crippen molar-refractivity contribution in [3.05, 3.63) is 57.9 Å². The molecule has 37 heavy (non-hydrogen) atoms. The number of rotatable bonds is 6. The maximum absolute atomic E-state index is 13.8. The van der Waals surface area contributed by atoms with E-state index in [4.69, 9.17) is 26.1 Å². The molecule has 200 valence electrons. The standard InChI is InChI=1S/C27H34ClFN4O4/c1-27(2,3)25(34)37-16-23(18-4-5-21(29)20(28)13-18)32-26(35)33-9-6-19-14-30-24(31-22(19)15-33)12-17-7-10-36-11-8-17/h4-5,13-14,17,23H,6-12,15-16H2,1-3H3,(H,32,35)/t23-/m1/s1. The minimum atomic E-state index is -0.701. The van der Waals surface area contributed by atoms with Crippen molar-refractivity contribution in [3.8, 4) is 0 Å². The van der Waals surface area contributed by atoms with Gasteiger partial charge in [-0.25, -0.2) is 19.2 Å². The van der Waals surface area contributed by atoms with Crippen LogP contribution in [0.25, 0.3) is 0 Å². The Morgan fingerprint density at radius 3 is 2.76 bits per heavy atom. The van der Waals surface area contributed by atoms with Crippen LogP contribution in [0.2, 0.25) is 5.02 Å². The highest BCUT2D eigenvalue weighted by Gasteiger charge is 2.28. The van der Waals surface area contributed by atoms with Crippen LogP contribution >= 0.6 is 11.6 Å². The Morgan fingerprint density at radius 2 is 2.05 bits per heavy atom. The number of amides is 2. The summed E-state index contributed by atoms with van der Waals surface area (Å²) in [4.78, 5) is 36.7. The van der Waals surface area contributed by atoms with Gasteiger partial charge in [0.1, 0.15) is 18.2 Å². The number of ether oxygens (including phenoxy) is 2. The zero-order chi connectivity index (χ0) is 26.6. The predicted octanol–water partition coefficient (Wildman–Crippen LogP) is 4.64. The molecule has 0 bridgehead atoms. The molecule has 4 rings (SSSR count). The first kappa shape index (κ1) is 27.3. The number of hydrogen-bond acceptors (Lipinski definition) is 6. The van der Waals surface area contributed by atoms with E-state index in [9.17, 15) is 14.0 Å². The van der Waals surface area contributed by atoms with Crippen LogP contribution in [-0.4, -0.2) is 53.2 Å². The molecule has 0 aliphatic carbocycles. The zero-order valence-electron chi connectivity index (χ0n) is 21.6. The summed E-state index contributed by atoms with van der Waals surface area (Å²) in [5.74, 6) is 0.335. The van der Waals surface area contributed by atoms with E-state index in [1.807, 2.05) is 6.20 Å². The van der Waals surface area contributed by atoms with Gasteiger partial charge < -0.3 is 19.7 Å². The van der Waals surface area contributed by atoms with E-state index in [1.54, 1.807) is 25.7 Å². The highest BCUT2D eigenvalue weighted by Crippen LogP contribution is 2.25. The van der Waals surface area contributed by atoms with Gasteiger partial charge in [0.05, 0.1) is 28.7 Å². The number of carbonyl (C=O) groups excluding carboxylic acids is 2. The summed E-state index contributed by atoms with van der Waals surface area (Å²) in [7, 11) is 0. The number of fused-ring (bicyclic) bond motifs is 1. The van der Waals surface area contributed by atoms with Crippen LogP contribution in [-0.2, 0) is 33.7 Å². The Hall–Kier alpha value is -2.78. The number of urea groups is 1. The van der Waals surface area contributed by atoms with Crippen molar-refractivity contribution in [2.24, 2.45) is 11.3 Å². The van der Waals surface area contributed by atoms with Gasteiger partial charge in [0.25, 0.3) is 0 Å².